The average molecular weight is 308 g/mol. The maximum Gasteiger partial charge on any atom is 0.309 e. The van der Waals surface area contributed by atoms with E-state index in [1.54, 1.807) is 0 Å². The molecule has 1 aliphatic rings. The lowest BCUT2D eigenvalue weighted by atomic mass is 10.2. The van der Waals surface area contributed by atoms with Crippen LogP contribution in [0.1, 0.15) is 24.0 Å². The van der Waals surface area contributed by atoms with E-state index in [9.17, 15) is 4.79 Å². The van der Waals surface area contributed by atoms with Crippen LogP contribution in [0.5, 0.6) is 5.75 Å². The number of hydrogen-bond donors (Lipinski definition) is 0. The molecule has 0 unspecified atom stereocenters. The molecule has 118 valence electrons. The molecule has 0 saturated heterocycles. The van der Waals surface area contributed by atoms with Gasteiger partial charge in [-0.05, 0) is 42.2 Å². The molecule has 3 rings (SSSR count). The van der Waals surface area contributed by atoms with E-state index >= 15 is 0 Å². The molecular formula is C20H20O3. The smallest absolute Gasteiger partial charge is 0.309 e. The monoisotopic (exact) mass is 308 g/mol. The quantitative estimate of drug-likeness (QED) is 0.718. The molecule has 1 aliphatic carbocycles. The molecule has 2 aromatic carbocycles. The molecule has 0 N–H and O–H groups in total. The zero-order valence-electron chi connectivity index (χ0n) is 13.0. The minimum atomic E-state index is -0.0701. The third kappa shape index (κ3) is 4.99. The van der Waals surface area contributed by atoms with Crippen molar-refractivity contribution in [2.45, 2.75) is 19.4 Å². The van der Waals surface area contributed by atoms with Gasteiger partial charge in [-0.1, -0.05) is 48.5 Å². The molecule has 1 saturated carbocycles. The molecule has 0 heterocycles. The number of carbonyl (C=O) groups is 1. The van der Waals surface area contributed by atoms with E-state index in [1.165, 1.54) is 0 Å². The summed E-state index contributed by atoms with van der Waals surface area (Å²) in [6.45, 7) is 0.898. The highest BCUT2D eigenvalue weighted by atomic mass is 16.5. The van der Waals surface area contributed by atoms with Gasteiger partial charge in [0.25, 0.3) is 0 Å². The molecule has 2 aromatic rings. The first-order chi connectivity index (χ1) is 11.3. The van der Waals surface area contributed by atoms with Gasteiger partial charge in [0, 0.05) is 0 Å². The van der Waals surface area contributed by atoms with Gasteiger partial charge in [-0.3, -0.25) is 4.79 Å². The Morgan fingerprint density at radius 3 is 2.48 bits per heavy atom. The van der Waals surface area contributed by atoms with Gasteiger partial charge in [0.1, 0.15) is 19.0 Å². The minimum absolute atomic E-state index is 0.0701. The van der Waals surface area contributed by atoms with E-state index in [0.29, 0.717) is 13.2 Å². The van der Waals surface area contributed by atoms with Gasteiger partial charge in [0.15, 0.2) is 0 Å². The second-order valence-electron chi connectivity index (χ2n) is 5.65. The Bertz CT molecular complexity index is 655. The fourth-order valence-corrected chi connectivity index (χ4v) is 2.17. The predicted octanol–water partition coefficient (Wildman–Crippen LogP) is 4.23. The van der Waals surface area contributed by atoms with Gasteiger partial charge in [-0.25, -0.2) is 0 Å². The standard InChI is InChI=1S/C20H20O3/c21-20(18-10-11-18)22-14-4-7-16-8-12-19(13-9-16)23-15-17-5-2-1-3-6-17/h1-9,12-13,18H,10-11,14-15H2/b7-4+. The molecule has 3 nitrogen and oxygen atoms in total. The second-order valence-corrected chi connectivity index (χ2v) is 5.65. The first-order valence-corrected chi connectivity index (χ1v) is 7.91. The molecule has 0 bridgehead atoms. The Hall–Kier alpha value is -2.55. The van der Waals surface area contributed by atoms with Gasteiger partial charge in [-0.2, -0.15) is 0 Å². The Morgan fingerprint density at radius 1 is 1.04 bits per heavy atom. The number of ether oxygens (including phenoxy) is 2. The third-order valence-corrected chi connectivity index (χ3v) is 3.67. The van der Waals surface area contributed by atoms with E-state index in [2.05, 4.69) is 0 Å². The van der Waals surface area contributed by atoms with Crippen LogP contribution in [-0.4, -0.2) is 12.6 Å². The van der Waals surface area contributed by atoms with Gasteiger partial charge in [-0.15, -0.1) is 0 Å². The highest BCUT2D eigenvalue weighted by Gasteiger charge is 2.30. The van der Waals surface area contributed by atoms with Gasteiger partial charge < -0.3 is 9.47 Å². The van der Waals surface area contributed by atoms with Gasteiger partial charge in [0.05, 0.1) is 5.92 Å². The number of rotatable bonds is 7. The summed E-state index contributed by atoms with van der Waals surface area (Å²) >= 11 is 0. The fraction of sp³-hybridized carbons (Fsp3) is 0.250. The summed E-state index contributed by atoms with van der Waals surface area (Å²) in [5.74, 6) is 0.926. The summed E-state index contributed by atoms with van der Waals surface area (Å²) in [4.78, 5) is 11.4. The molecule has 0 amide bonds. The van der Waals surface area contributed by atoms with Crippen LogP contribution in [0.15, 0.2) is 60.7 Å². The topological polar surface area (TPSA) is 35.5 Å². The van der Waals surface area contributed by atoms with Crippen LogP contribution in [0.2, 0.25) is 0 Å². The molecule has 3 heteroatoms. The van der Waals surface area contributed by atoms with Crippen LogP contribution < -0.4 is 4.74 Å². The molecule has 23 heavy (non-hydrogen) atoms. The highest BCUT2D eigenvalue weighted by Crippen LogP contribution is 2.29. The Labute approximate surface area is 136 Å². The fourth-order valence-electron chi connectivity index (χ4n) is 2.17. The lowest BCUT2D eigenvalue weighted by Gasteiger charge is -2.06. The summed E-state index contributed by atoms with van der Waals surface area (Å²) in [5, 5.41) is 0. The van der Waals surface area contributed by atoms with Crippen LogP contribution in [0.25, 0.3) is 6.08 Å². The van der Waals surface area contributed by atoms with Crippen LogP contribution in [-0.2, 0) is 16.1 Å². The van der Waals surface area contributed by atoms with E-state index < -0.39 is 0 Å². The first-order valence-electron chi connectivity index (χ1n) is 7.91. The van der Waals surface area contributed by atoms with Crippen LogP contribution in [0.4, 0.5) is 0 Å². The summed E-state index contributed by atoms with van der Waals surface area (Å²) < 4.78 is 10.9. The SMILES string of the molecule is O=C(OC/C=C/c1ccc(OCc2ccccc2)cc1)C1CC1. The molecule has 1 fully saturated rings. The number of hydrogen-bond acceptors (Lipinski definition) is 3. The lowest BCUT2D eigenvalue weighted by molar-refractivity contribution is -0.143. The average Bonchev–Trinajstić information content (AvgIpc) is 3.44. The Kier molecular flexibility index (Phi) is 5.09. The maximum absolute atomic E-state index is 11.4. The first kappa shape index (κ1) is 15.3. The van der Waals surface area contributed by atoms with Crippen LogP contribution in [0.3, 0.4) is 0 Å². The zero-order chi connectivity index (χ0) is 15.9. The van der Waals surface area contributed by atoms with E-state index in [1.807, 2.05) is 66.7 Å². The van der Waals surface area contributed by atoms with Gasteiger partial charge in [0.2, 0.25) is 0 Å². The molecule has 0 spiro atoms. The largest absolute Gasteiger partial charge is 0.489 e. The van der Waals surface area contributed by atoms with Crippen molar-refractivity contribution in [1.29, 1.82) is 0 Å². The molecule has 0 atom stereocenters. The van der Waals surface area contributed by atoms with Crippen molar-refractivity contribution in [2.24, 2.45) is 5.92 Å². The molecule has 0 radical (unpaired) electrons. The number of benzene rings is 2. The minimum Gasteiger partial charge on any atom is -0.489 e. The number of carbonyl (C=O) groups excluding carboxylic acids is 1. The van der Waals surface area contributed by atoms with Crippen molar-refractivity contribution in [3.05, 3.63) is 71.8 Å². The summed E-state index contributed by atoms with van der Waals surface area (Å²) in [6.07, 6.45) is 5.77. The van der Waals surface area contributed by atoms with Crippen molar-refractivity contribution in [2.75, 3.05) is 6.61 Å². The summed E-state index contributed by atoms with van der Waals surface area (Å²) in [5.41, 5.74) is 2.20. The van der Waals surface area contributed by atoms with Gasteiger partial charge >= 0.3 is 5.97 Å². The van der Waals surface area contributed by atoms with E-state index in [-0.39, 0.29) is 11.9 Å². The van der Waals surface area contributed by atoms with E-state index in [0.717, 1.165) is 29.7 Å². The Morgan fingerprint density at radius 2 is 1.78 bits per heavy atom. The third-order valence-electron chi connectivity index (χ3n) is 3.67. The maximum atomic E-state index is 11.4. The second kappa shape index (κ2) is 7.63. The van der Waals surface area contributed by atoms with Crippen molar-refractivity contribution in [3.63, 3.8) is 0 Å². The van der Waals surface area contributed by atoms with Crippen molar-refractivity contribution in [1.82, 2.24) is 0 Å². The van der Waals surface area contributed by atoms with Crippen LogP contribution >= 0.6 is 0 Å². The van der Waals surface area contributed by atoms with Crippen LogP contribution in [0, 0.1) is 5.92 Å². The predicted molar refractivity (Wildman–Crippen MR) is 89.9 cm³/mol. The highest BCUT2D eigenvalue weighted by molar-refractivity contribution is 5.75. The van der Waals surface area contributed by atoms with Crippen molar-refractivity contribution >= 4 is 12.0 Å². The zero-order valence-corrected chi connectivity index (χ0v) is 13.0. The molecule has 0 aromatic heterocycles. The number of esters is 1. The van der Waals surface area contributed by atoms with E-state index in [4.69, 9.17) is 9.47 Å². The van der Waals surface area contributed by atoms with Crippen molar-refractivity contribution in [3.8, 4) is 5.75 Å². The Balaban J connectivity index is 1.43. The van der Waals surface area contributed by atoms with Crippen molar-refractivity contribution < 1.29 is 14.3 Å². The summed E-state index contributed by atoms with van der Waals surface area (Å²) in [6, 6.07) is 17.9. The summed E-state index contributed by atoms with van der Waals surface area (Å²) in [7, 11) is 0. The normalized spacial score (nSPS) is 13.9. The molecular weight excluding hydrogens is 288 g/mol. The molecule has 0 aliphatic heterocycles. The lowest BCUT2D eigenvalue weighted by Crippen LogP contribution is -2.05.